The first kappa shape index (κ1) is 30.9. The standard InChI is InChI=1S/C39H32FN3O5/c1-23-35(37(38(44)45)48-39(2,3)4)36-30-16-17-32(29-13-6-5-12-28(29)30)46-18-7-8-19-47-33-21-26(40)14-15-27(33)24-10-9-11-25(20-24)31-22-34(41-23)43(36)42-31/h5-6,9-17,20-22,37H,18-19H2,1-4H3,(H,44,45)/t37-/m0/s1. The first-order chi connectivity index (χ1) is 23.1. The average molecular weight is 642 g/mol. The highest BCUT2D eigenvalue weighted by atomic mass is 19.1. The number of aliphatic carboxylic acids is 1. The number of carbonyl (C=O) groups is 1. The van der Waals surface area contributed by atoms with E-state index in [1.165, 1.54) is 12.1 Å². The van der Waals surface area contributed by atoms with Gasteiger partial charge in [0.2, 0.25) is 0 Å². The largest absolute Gasteiger partial charge is 0.480 e. The monoisotopic (exact) mass is 641 g/mol. The van der Waals surface area contributed by atoms with Crippen molar-refractivity contribution in [3.8, 4) is 57.0 Å². The number of hydrogen-bond acceptors (Lipinski definition) is 6. The number of aryl methyl sites for hydroxylation is 1. The van der Waals surface area contributed by atoms with E-state index in [9.17, 15) is 14.3 Å². The van der Waals surface area contributed by atoms with E-state index in [2.05, 4.69) is 11.8 Å². The molecule has 48 heavy (non-hydrogen) atoms. The Bertz CT molecular complexity index is 2290. The number of fused-ring (bicyclic) bond motifs is 13. The molecular weight excluding hydrogens is 609 g/mol. The van der Waals surface area contributed by atoms with Crippen molar-refractivity contribution in [1.82, 2.24) is 14.6 Å². The molecule has 1 N–H and O–H groups in total. The van der Waals surface area contributed by atoms with Gasteiger partial charge >= 0.3 is 5.97 Å². The van der Waals surface area contributed by atoms with E-state index in [0.29, 0.717) is 45.4 Å². The van der Waals surface area contributed by atoms with Crippen molar-refractivity contribution in [2.45, 2.75) is 39.4 Å². The summed E-state index contributed by atoms with van der Waals surface area (Å²) in [5, 5.41) is 17.2. The van der Waals surface area contributed by atoms with Crippen molar-refractivity contribution in [2.24, 2.45) is 0 Å². The lowest BCUT2D eigenvalue weighted by Crippen LogP contribution is -2.29. The Labute approximate surface area is 276 Å². The average Bonchev–Trinajstić information content (AvgIpc) is 3.48. The van der Waals surface area contributed by atoms with Crippen molar-refractivity contribution in [3.05, 3.63) is 102 Å². The summed E-state index contributed by atoms with van der Waals surface area (Å²) in [6.45, 7) is 7.40. The Balaban J connectivity index is 1.55. The Hall–Kier alpha value is -5.72. The van der Waals surface area contributed by atoms with E-state index in [0.717, 1.165) is 27.5 Å². The lowest BCUT2D eigenvalue weighted by molar-refractivity contribution is -0.160. The number of ether oxygens (including phenoxy) is 3. The second kappa shape index (κ2) is 12.1. The molecule has 7 rings (SSSR count). The summed E-state index contributed by atoms with van der Waals surface area (Å²) in [5.74, 6) is 5.36. The van der Waals surface area contributed by atoms with Gasteiger partial charge < -0.3 is 19.3 Å². The fourth-order valence-corrected chi connectivity index (χ4v) is 6.07. The van der Waals surface area contributed by atoms with Gasteiger partial charge in [-0.05, 0) is 69.0 Å². The van der Waals surface area contributed by atoms with Crippen molar-refractivity contribution in [3.63, 3.8) is 0 Å². The molecule has 8 nitrogen and oxygen atoms in total. The molecule has 1 atom stereocenters. The van der Waals surface area contributed by atoms with E-state index in [4.69, 9.17) is 24.3 Å². The van der Waals surface area contributed by atoms with Crippen molar-refractivity contribution < 1.29 is 28.5 Å². The zero-order valence-corrected chi connectivity index (χ0v) is 26.9. The zero-order chi connectivity index (χ0) is 33.6. The maximum absolute atomic E-state index is 14.3. The molecule has 240 valence electrons. The van der Waals surface area contributed by atoms with Crippen LogP contribution < -0.4 is 9.47 Å². The lowest BCUT2D eigenvalue weighted by atomic mass is 9.94. The van der Waals surface area contributed by atoms with Crippen LogP contribution in [0, 0.1) is 24.6 Å². The van der Waals surface area contributed by atoms with Gasteiger partial charge in [0.1, 0.15) is 30.5 Å². The van der Waals surface area contributed by atoms with E-state index in [-0.39, 0.29) is 13.2 Å². The number of rotatable bonds is 3. The minimum Gasteiger partial charge on any atom is -0.480 e. The first-order valence-corrected chi connectivity index (χ1v) is 15.5. The summed E-state index contributed by atoms with van der Waals surface area (Å²) >= 11 is 0. The smallest absolute Gasteiger partial charge is 0.337 e. The highest BCUT2D eigenvalue weighted by Crippen LogP contribution is 2.41. The van der Waals surface area contributed by atoms with Gasteiger partial charge in [0.05, 0.1) is 17.0 Å². The molecule has 2 aromatic heterocycles. The Morgan fingerprint density at radius 1 is 0.896 bits per heavy atom. The molecule has 1 aliphatic rings. The van der Waals surface area contributed by atoms with Crippen LogP contribution in [0.5, 0.6) is 11.5 Å². The molecule has 0 radical (unpaired) electrons. The molecule has 4 aromatic carbocycles. The Morgan fingerprint density at radius 2 is 1.60 bits per heavy atom. The summed E-state index contributed by atoms with van der Waals surface area (Å²) in [4.78, 5) is 17.8. The SMILES string of the molecule is Cc1nc2cc3nn2c(c1[C@H](OC(C)(C)C)C(=O)O)-c1ccc(c2ccccc12)OCC#CCOc1cc(F)ccc1-c1cccc-3c1. The number of benzene rings is 4. The molecule has 3 heterocycles. The van der Waals surface area contributed by atoms with Crippen LogP contribution in [0.4, 0.5) is 4.39 Å². The van der Waals surface area contributed by atoms with Crippen LogP contribution in [-0.2, 0) is 9.53 Å². The Kier molecular flexibility index (Phi) is 7.82. The Morgan fingerprint density at radius 3 is 2.35 bits per heavy atom. The molecule has 0 saturated carbocycles. The van der Waals surface area contributed by atoms with Gasteiger partial charge in [-0.2, -0.15) is 5.10 Å². The molecule has 9 heteroatoms. The number of nitrogens with zero attached hydrogens (tertiary/aromatic N) is 3. The summed E-state index contributed by atoms with van der Waals surface area (Å²) in [6, 6.07) is 25.5. The van der Waals surface area contributed by atoms with E-state index in [1.54, 1.807) is 17.5 Å². The number of carboxylic acid groups (broad SMARTS) is 1. The normalized spacial score (nSPS) is 13.4. The van der Waals surface area contributed by atoms with E-state index < -0.39 is 23.5 Å². The number of halogens is 1. The van der Waals surface area contributed by atoms with E-state index >= 15 is 0 Å². The molecule has 0 fully saturated rings. The maximum atomic E-state index is 14.3. The van der Waals surface area contributed by atoms with Gasteiger partial charge in [0.25, 0.3) is 0 Å². The van der Waals surface area contributed by atoms with Gasteiger partial charge in [-0.3, -0.25) is 0 Å². The lowest BCUT2D eigenvalue weighted by Gasteiger charge is -2.28. The van der Waals surface area contributed by atoms with Gasteiger partial charge in [0.15, 0.2) is 11.8 Å². The fraction of sp³-hybridized carbons (Fsp3) is 0.205. The van der Waals surface area contributed by atoms with Crippen molar-refractivity contribution >= 4 is 22.4 Å². The number of hydrogen-bond donors (Lipinski definition) is 1. The van der Waals surface area contributed by atoms with Gasteiger partial charge in [-0.15, -0.1) is 0 Å². The molecule has 0 spiro atoms. The van der Waals surface area contributed by atoms with Crippen LogP contribution in [-0.4, -0.2) is 44.5 Å². The third kappa shape index (κ3) is 5.83. The second-order valence-electron chi connectivity index (χ2n) is 12.5. The van der Waals surface area contributed by atoms with E-state index in [1.807, 2.05) is 87.5 Å². The summed E-state index contributed by atoms with van der Waals surface area (Å²) < 4.78 is 34.3. The third-order valence-electron chi connectivity index (χ3n) is 8.06. The molecular formula is C39H32FN3O5. The highest BCUT2D eigenvalue weighted by molar-refractivity contribution is 6.01. The molecule has 6 aromatic rings. The maximum Gasteiger partial charge on any atom is 0.337 e. The van der Waals surface area contributed by atoms with Gasteiger partial charge in [0, 0.05) is 45.5 Å². The summed E-state index contributed by atoms with van der Waals surface area (Å²) in [6.07, 6.45) is -1.34. The van der Waals surface area contributed by atoms with Crippen LogP contribution >= 0.6 is 0 Å². The topological polar surface area (TPSA) is 95.2 Å². The van der Waals surface area contributed by atoms with Crippen LogP contribution in [0.1, 0.15) is 38.1 Å². The molecule has 0 amide bonds. The molecule has 0 unspecified atom stereocenters. The van der Waals surface area contributed by atoms with Crippen LogP contribution in [0.15, 0.2) is 84.9 Å². The van der Waals surface area contributed by atoms with Gasteiger partial charge in [-0.25, -0.2) is 18.7 Å². The second-order valence-corrected chi connectivity index (χ2v) is 12.5. The fourth-order valence-electron chi connectivity index (χ4n) is 6.07. The zero-order valence-electron chi connectivity index (χ0n) is 26.9. The minimum atomic E-state index is -1.34. The molecule has 6 bridgehead atoms. The molecule has 0 aliphatic carbocycles. The predicted molar refractivity (Wildman–Crippen MR) is 181 cm³/mol. The van der Waals surface area contributed by atoms with Crippen molar-refractivity contribution in [1.29, 1.82) is 0 Å². The van der Waals surface area contributed by atoms with Crippen LogP contribution in [0.25, 0.3) is 50.1 Å². The van der Waals surface area contributed by atoms with Crippen LogP contribution in [0.3, 0.4) is 0 Å². The molecule has 0 saturated heterocycles. The summed E-state index contributed by atoms with van der Waals surface area (Å²) in [5.41, 5.74) is 4.84. The highest BCUT2D eigenvalue weighted by Gasteiger charge is 2.33. The predicted octanol–water partition coefficient (Wildman–Crippen LogP) is 8.05. The summed E-state index contributed by atoms with van der Waals surface area (Å²) in [7, 11) is 0. The molecule has 1 aliphatic heterocycles. The third-order valence-corrected chi connectivity index (χ3v) is 8.06. The van der Waals surface area contributed by atoms with Crippen LogP contribution in [0.2, 0.25) is 0 Å². The first-order valence-electron chi connectivity index (χ1n) is 15.5. The van der Waals surface area contributed by atoms with Gasteiger partial charge in [-0.1, -0.05) is 54.3 Å². The van der Waals surface area contributed by atoms with Crippen molar-refractivity contribution in [2.75, 3.05) is 13.2 Å². The number of carboxylic acids is 1. The minimum absolute atomic E-state index is 0.0443. The number of aromatic nitrogens is 3. The quantitative estimate of drug-likeness (QED) is 0.195.